The summed E-state index contributed by atoms with van der Waals surface area (Å²) >= 11 is 0. The summed E-state index contributed by atoms with van der Waals surface area (Å²) in [5.74, 6) is 0.862. The van der Waals surface area contributed by atoms with Crippen molar-refractivity contribution in [2.24, 2.45) is 0 Å². The lowest BCUT2D eigenvalue weighted by atomic mass is 10.1. The van der Waals surface area contributed by atoms with Crippen molar-refractivity contribution in [2.75, 3.05) is 18.5 Å². The van der Waals surface area contributed by atoms with Gasteiger partial charge in [0.1, 0.15) is 5.75 Å². The summed E-state index contributed by atoms with van der Waals surface area (Å²) in [6.07, 6.45) is 12.0. The van der Waals surface area contributed by atoms with E-state index >= 15 is 0 Å². The average Bonchev–Trinajstić information content (AvgIpc) is 2.59. The summed E-state index contributed by atoms with van der Waals surface area (Å²) < 4.78 is 5.73. The molecule has 0 atom stereocenters. The lowest BCUT2D eigenvalue weighted by Crippen LogP contribution is -2.18. The van der Waals surface area contributed by atoms with Crippen molar-refractivity contribution < 1.29 is 14.9 Å². The molecule has 0 aromatic heterocycles. The van der Waals surface area contributed by atoms with Crippen molar-refractivity contribution in [1.82, 2.24) is 0 Å². The summed E-state index contributed by atoms with van der Waals surface area (Å²) in [5.41, 5.74) is 0.856. The largest absolute Gasteiger partial charge is 0.494 e. The Kier molecular flexibility index (Phi) is 12.2. The minimum Gasteiger partial charge on any atom is -0.494 e. The smallest absolute Gasteiger partial charge is 0.169 e. The zero-order chi connectivity index (χ0) is 17.5. The van der Waals surface area contributed by atoms with E-state index < -0.39 is 6.29 Å². The third kappa shape index (κ3) is 11.3. The van der Waals surface area contributed by atoms with Crippen LogP contribution in [0.2, 0.25) is 0 Å². The summed E-state index contributed by atoms with van der Waals surface area (Å²) in [6, 6.07) is 7.58. The normalized spacial score (nSPS) is 11.0. The van der Waals surface area contributed by atoms with E-state index in [-0.39, 0.29) is 6.54 Å². The molecule has 0 saturated carbocycles. The van der Waals surface area contributed by atoms with Gasteiger partial charge >= 0.3 is 0 Å². The topological polar surface area (TPSA) is 61.7 Å². The highest BCUT2D eigenvalue weighted by molar-refractivity contribution is 5.46. The Balaban J connectivity index is 1.95. The molecule has 0 aliphatic heterocycles. The van der Waals surface area contributed by atoms with Gasteiger partial charge in [-0.3, -0.25) is 0 Å². The van der Waals surface area contributed by atoms with Crippen molar-refractivity contribution in [3.8, 4) is 5.75 Å². The van der Waals surface area contributed by atoms with Crippen LogP contribution >= 0.6 is 0 Å². The van der Waals surface area contributed by atoms with E-state index in [9.17, 15) is 0 Å². The summed E-state index contributed by atoms with van der Waals surface area (Å²) in [5, 5.41) is 20.5. The van der Waals surface area contributed by atoms with Gasteiger partial charge in [0.2, 0.25) is 0 Å². The number of anilines is 1. The van der Waals surface area contributed by atoms with Crippen LogP contribution in [0.5, 0.6) is 5.75 Å². The number of ether oxygens (including phenoxy) is 1. The fraction of sp³-hybridized carbons (Fsp3) is 0.700. The molecule has 138 valence electrons. The number of rotatable bonds is 15. The Morgan fingerprint density at radius 3 is 1.92 bits per heavy atom. The van der Waals surface area contributed by atoms with Gasteiger partial charge < -0.3 is 20.3 Å². The number of aliphatic hydroxyl groups is 2. The summed E-state index contributed by atoms with van der Waals surface area (Å²) in [7, 11) is 0. The Labute approximate surface area is 147 Å². The molecule has 1 rings (SSSR count). The molecule has 0 unspecified atom stereocenters. The zero-order valence-electron chi connectivity index (χ0n) is 15.2. The lowest BCUT2D eigenvalue weighted by Gasteiger charge is -2.09. The first-order chi connectivity index (χ1) is 11.7. The molecule has 0 amide bonds. The van der Waals surface area contributed by atoms with Crippen LogP contribution in [0.4, 0.5) is 5.69 Å². The number of nitrogens with one attached hydrogen (secondary N) is 1. The van der Waals surface area contributed by atoms with Crippen molar-refractivity contribution in [1.29, 1.82) is 0 Å². The minimum atomic E-state index is -1.34. The molecule has 1 aromatic rings. The highest BCUT2D eigenvalue weighted by atomic mass is 16.5. The van der Waals surface area contributed by atoms with E-state index in [1.165, 1.54) is 57.8 Å². The monoisotopic (exact) mass is 337 g/mol. The van der Waals surface area contributed by atoms with E-state index in [1.54, 1.807) is 0 Å². The second-order valence-corrected chi connectivity index (χ2v) is 6.42. The van der Waals surface area contributed by atoms with Gasteiger partial charge in [-0.05, 0) is 30.7 Å². The molecule has 0 saturated heterocycles. The number of aliphatic hydroxyl groups excluding tert-OH is 1. The Morgan fingerprint density at radius 1 is 0.833 bits per heavy atom. The van der Waals surface area contributed by atoms with Crippen LogP contribution in [-0.2, 0) is 0 Å². The Hall–Kier alpha value is -1.26. The van der Waals surface area contributed by atoms with Crippen LogP contribution in [0.15, 0.2) is 24.3 Å². The van der Waals surface area contributed by atoms with Gasteiger partial charge in [-0.1, -0.05) is 64.7 Å². The maximum absolute atomic E-state index is 8.81. The molecule has 3 N–H and O–H groups in total. The molecule has 24 heavy (non-hydrogen) atoms. The van der Waals surface area contributed by atoms with Crippen LogP contribution in [0.1, 0.15) is 71.1 Å². The Morgan fingerprint density at radius 2 is 1.38 bits per heavy atom. The molecule has 0 aliphatic carbocycles. The molecular formula is C20H35NO3. The Bertz CT molecular complexity index is 392. The van der Waals surface area contributed by atoms with Crippen LogP contribution < -0.4 is 10.1 Å². The summed E-state index contributed by atoms with van der Waals surface area (Å²) in [4.78, 5) is 0. The molecule has 4 nitrogen and oxygen atoms in total. The molecule has 0 spiro atoms. The van der Waals surface area contributed by atoms with Crippen LogP contribution in [0.25, 0.3) is 0 Å². The van der Waals surface area contributed by atoms with Crippen LogP contribution in [0, 0.1) is 0 Å². The first-order valence-electron chi connectivity index (χ1n) is 9.55. The number of hydrogen-bond donors (Lipinski definition) is 3. The standard InChI is InChI=1S/C20H35NO3/c1-2-3-4-5-6-7-8-9-10-11-16-24-19-14-12-18(13-15-19)21-17-20(22)23/h12-15,20-23H,2-11,16-17H2,1H3. The fourth-order valence-corrected chi connectivity index (χ4v) is 2.66. The highest BCUT2D eigenvalue weighted by Gasteiger charge is 1.99. The van der Waals surface area contributed by atoms with Gasteiger partial charge in [-0.25, -0.2) is 0 Å². The van der Waals surface area contributed by atoms with E-state index in [0.29, 0.717) is 0 Å². The van der Waals surface area contributed by atoms with Crippen LogP contribution in [0.3, 0.4) is 0 Å². The maximum Gasteiger partial charge on any atom is 0.169 e. The van der Waals surface area contributed by atoms with E-state index in [2.05, 4.69) is 12.2 Å². The molecule has 0 heterocycles. The number of benzene rings is 1. The molecule has 0 aliphatic rings. The van der Waals surface area contributed by atoms with Gasteiger partial charge in [0, 0.05) is 5.69 Å². The second kappa shape index (κ2) is 14.1. The van der Waals surface area contributed by atoms with E-state index in [4.69, 9.17) is 14.9 Å². The third-order valence-electron chi connectivity index (χ3n) is 4.11. The van der Waals surface area contributed by atoms with Crippen molar-refractivity contribution in [2.45, 2.75) is 77.4 Å². The first-order valence-corrected chi connectivity index (χ1v) is 9.55. The van der Waals surface area contributed by atoms with Crippen LogP contribution in [-0.4, -0.2) is 29.7 Å². The van der Waals surface area contributed by atoms with Crippen molar-refractivity contribution in [3.05, 3.63) is 24.3 Å². The zero-order valence-corrected chi connectivity index (χ0v) is 15.2. The SMILES string of the molecule is CCCCCCCCCCCCOc1ccc(NCC(O)O)cc1. The van der Waals surface area contributed by atoms with Gasteiger partial charge in [-0.15, -0.1) is 0 Å². The quantitative estimate of drug-likeness (QED) is 0.320. The van der Waals surface area contributed by atoms with Crippen molar-refractivity contribution >= 4 is 5.69 Å². The van der Waals surface area contributed by atoms with E-state index in [1.807, 2.05) is 24.3 Å². The second-order valence-electron chi connectivity index (χ2n) is 6.42. The highest BCUT2D eigenvalue weighted by Crippen LogP contribution is 2.16. The molecule has 0 fully saturated rings. The van der Waals surface area contributed by atoms with Gasteiger partial charge in [0.15, 0.2) is 6.29 Å². The molecular weight excluding hydrogens is 302 g/mol. The van der Waals surface area contributed by atoms with Crippen molar-refractivity contribution in [3.63, 3.8) is 0 Å². The lowest BCUT2D eigenvalue weighted by molar-refractivity contribution is -0.0275. The predicted molar refractivity (Wildman–Crippen MR) is 100 cm³/mol. The first kappa shape index (κ1) is 20.8. The molecule has 0 bridgehead atoms. The van der Waals surface area contributed by atoms with Gasteiger partial charge in [-0.2, -0.15) is 0 Å². The van der Waals surface area contributed by atoms with Gasteiger partial charge in [0.25, 0.3) is 0 Å². The molecule has 4 heteroatoms. The average molecular weight is 338 g/mol. The minimum absolute atomic E-state index is 0.124. The predicted octanol–water partition coefficient (Wildman–Crippen LogP) is 4.71. The number of hydrogen-bond acceptors (Lipinski definition) is 4. The third-order valence-corrected chi connectivity index (χ3v) is 4.11. The molecule has 0 radical (unpaired) electrons. The van der Waals surface area contributed by atoms with E-state index in [0.717, 1.165) is 24.5 Å². The maximum atomic E-state index is 8.81. The summed E-state index contributed by atoms with van der Waals surface area (Å²) in [6.45, 7) is 3.15. The van der Waals surface area contributed by atoms with Gasteiger partial charge in [0.05, 0.1) is 13.2 Å². The molecule has 1 aromatic carbocycles. The number of unbranched alkanes of at least 4 members (excludes halogenated alkanes) is 9. The fourth-order valence-electron chi connectivity index (χ4n) is 2.66.